The van der Waals surface area contributed by atoms with Crippen LogP contribution in [-0.4, -0.2) is 5.91 Å². The topological polar surface area (TPSA) is 29.1 Å². The molecule has 0 bridgehead atoms. The fourth-order valence-corrected chi connectivity index (χ4v) is 2.33. The fourth-order valence-electron chi connectivity index (χ4n) is 2.33. The van der Waals surface area contributed by atoms with Gasteiger partial charge < -0.3 is 5.32 Å². The summed E-state index contributed by atoms with van der Waals surface area (Å²) in [6.07, 6.45) is 1.33. The lowest BCUT2D eigenvalue weighted by Gasteiger charge is -2.17. The smallest absolute Gasteiger partial charge is 0.224 e. The molecule has 1 N–H and O–H groups in total. The zero-order chi connectivity index (χ0) is 14.4. The van der Waals surface area contributed by atoms with E-state index in [-0.39, 0.29) is 11.9 Å². The summed E-state index contributed by atoms with van der Waals surface area (Å²) in [6, 6.07) is 18.2. The van der Waals surface area contributed by atoms with Crippen LogP contribution in [0.25, 0.3) is 0 Å². The van der Waals surface area contributed by atoms with Gasteiger partial charge in [-0.25, -0.2) is 0 Å². The van der Waals surface area contributed by atoms with E-state index in [1.54, 1.807) is 0 Å². The van der Waals surface area contributed by atoms with E-state index in [4.69, 9.17) is 0 Å². The summed E-state index contributed by atoms with van der Waals surface area (Å²) in [4.78, 5) is 12.2. The average Bonchev–Trinajstić information content (AvgIpc) is 2.48. The molecule has 0 fully saturated rings. The van der Waals surface area contributed by atoms with Gasteiger partial charge in [0, 0.05) is 0 Å². The molecule has 104 valence electrons. The maximum atomic E-state index is 12.2. The highest BCUT2D eigenvalue weighted by Gasteiger charge is 2.13. The van der Waals surface area contributed by atoms with Gasteiger partial charge in [-0.05, 0) is 30.0 Å². The van der Waals surface area contributed by atoms with E-state index in [9.17, 15) is 4.79 Å². The maximum Gasteiger partial charge on any atom is 0.224 e. The van der Waals surface area contributed by atoms with Crippen LogP contribution in [0.3, 0.4) is 0 Å². The first-order valence-corrected chi connectivity index (χ1v) is 7.09. The van der Waals surface area contributed by atoms with Crippen LogP contribution >= 0.6 is 0 Å². The van der Waals surface area contributed by atoms with Crippen molar-refractivity contribution in [2.24, 2.45) is 0 Å². The van der Waals surface area contributed by atoms with Crippen molar-refractivity contribution in [3.63, 3.8) is 0 Å². The van der Waals surface area contributed by atoms with Crippen molar-refractivity contribution in [2.75, 3.05) is 0 Å². The monoisotopic (exact) mass is 267 g/mol. The fraction of sp³-hybridized carbons (Fsp3) is 0.278. The summed E-state index contributed by atoms with van der Waals surface area (Å²) in [5.74, 6) is 0.0787. The Morgan fingerprint density at radius 2 is 1.70 bits per heavy atom. The summed E-state index contributed by atoms with van der Waals surface area (Å²) in [6.45, 7) is 4.13. The first-order chi connectivity index (χ1) is 9.70. The van der Waals surface area contributed by atoms with Crippen molar-refractivity contribution in [3.05, 3.63) is 71.3 Å². The Kier molecular flexibility index (Phi) is 4.94. The number of amides is 1. The zero-order valence-corrected chi connectivity index (χ0v) is 12.1. The Labute approximate surface area is 120 Å². The number of benzene rings is 2. The third-order valence-corrected chi connectivity index (χ3v) is 3.56. The number of hydrogen-bond acceptors (Lipinski definition) is 1. The maximum absolute atomic E-state index is 12.2. The number of carbonyl (C=O) groups is 1. The third kappa shape index (κ3) is 3.70. The minimum absolute atomic E-state index is 0.0787. The Morgan fingerprint density at radius 3 is 2.35 bits per heavy atom. The molecule has 0 aliphatic rings. The minimum atomic E-state index is 0.0787. The second-order valence-corrected chi connectivity index (χ2v) is 5.04. The molecule has 0 radical (unpaired) electrons. The molecule has 0 unspecified atom stereocenters. The van der Waals surface area contributed by atoms with Gasteiger partial charge in [-0.3, -0.25) is 4.79 Å². The highest BCUT2D eigenvalue weighted by Crippen LogP contribution is 2.16. The van der Waals surface area contributed by atoms with Crippen LogP contribution in [0.2, 0.25) is 0 Å². The molecule has 0 spiro atoms. The van der Waals surface area contributed by atoms with Crippen LogP contribution in [0.15, 0.2) is 54.6 Å². The van der Waals surface area contributed by atoms with Gasteiger partial charge in [-0.2, -0.15) is 0 Å². The molecule has 2 nitrogen and oxygen atoms in total. The average molecular weight is 267 g/mol. The van der Waals surface area contributed by atoms with Crippen LogP contribution in [0.1, 0.15) is 36.1 Å². The van der Waals surface area contributed by atoms with Crippen LogP contribution in [0.5, 0.6) is 0 Å². The second-order valence-electron chi connectivity index (χ2n) is 5.04. The standard InChI is InChI=1S/C18H21NO/c1-3-17(15-10-5-4-6-11-15)19-18(20)13-16-12-8-7-9-14(16)2/h4-12,17H,3,13H2,1-2H3,(H,19,20)/t17-/m1/s1. The Balaban J connectivity index is 2.02. The number of rotatable bonds is 5. The molecular weight excluding hydrogens is 246 g/mol. The third-order valence-electron chi connectivity index (χ3n) is 3.56. The molecule has 20 heavy (non-hydrogen) atoms. The van der Waals surface area contributed by atoms with E-state index in [0.717, 1.165) is 23.1 Å². The van der Waals surface area contributed by atoms with Crippen LogP contribution < -0.4 is 5.32 Å². The molecule has 2 heteroatoms. The van der Waals surface area contributed by atoms with Crippen LogP contribution in [-0.2, 0) is 11.2 Å². The molecule has 0 aliphatic carbocycles. The van der Waals surface area contributed by atoms with Gasteiger partial charge in [0.1, 0.15) is 0 Å². The molecule has 0 saturated heterocycles. The molecule has 0 aliphatic heterocycles. The van der Waals surface area contributed by atoms with E-state index < -0.39 is 0 Å². The molecule has 1 amide bonds. The van der Waals surface area contributed by atoms with Gasteiger partial charge in [0.2, 0.25) is 5.91 Å². The normalized spacial score (nSPS) is 11.9. The van der Waals surface area contributed by atoms with Gasteiger partial charge >= 0.3 is 0 Å². The molecule has 0 aromatic heterocycles. The van der Waals surface area contributed by atoms with Gasteiger partial charge in [0.05, 0.1) is 12.5 Å². The van der Waals surface area contributed by atoms with Crippen LogP contribution in [0.4, 0.5) is 0 Å². The first kappa shape index (κ1) is 14.3. The highest BCUT2D eigenvalue weighted by molar-refractivity contribution is 5.79. The first-order valence-electron chi connectivity index (χ1n) is 7.09. The van der Waals surface area contributed by atoms with Crippen LogP contribution in [0, 0.1) is 6.92 Å². The van der Waals surface area contributed by atoms with E-state index in [1.165, 1.54) is 0 Å². The lowest BCUT2D eigenvalue weighted by Crippen LogP contribution is -2.29. The van der Waals surface area contributed by atoms with Gasteiger partial charge in [0.15, 0.2) is 0 Å². The summed E-state index contributed by atoms with van der Waals surface area (Å²) >= 11 is 0. The molecule has 1 atom stereocenters. The van der Waals surface area contributed by atoms with E-state index >= 15 is 0 Å². The molecule has 0 heterocycles. The predicted molar refractivity (Wildman–Crippen MR) is 82.5 cm³/mol. The summed E-state index contributed by atoms with van der Waals surface area (Å²) < 4.78 is 0. The molecule has 2 aromatic rings. The van der Waals surface area contributed by atoms with Crippen molar-refractivity contribution in [1.29, 1.82) is 0 Å². The Bertz CT molecular complexity index is 563. The summed E-state index contributed by atoms with van der Waals surface area (Å²) in [5, 5.41) is 3.12. The quantitative estimate of drug-likeness (QED) is 0.877. The molecule has 0 saturated carbocycles. The highest BCUT2D eigenvalue weighted by atomic mass is 16.1. The van der Waals surface area contributed by atoms with Crippen molar-refractivity contribution < 1.29 is 4.79 Å². The van der Waals surface area contributed by atoms with Crippen molar-refractivity contribution >= 4 is 5.91 Å². The second kappa shape index (κ2) is 6.90. The number of aryl methyl sites for hydroxylation is 1. The zero-order valence-electron chi connectivity index (χ0n) is 12.1. The molecule has 2 aromatic carbocycles. The number of hydrogen-bond donors (Lipinski definition) is 1. The van der Waals surface area contributed by atoms with E-state index in [2.05, 4.69) is 24.4 Å². The van der Waals surface area contributed by atoms with Gasteiger partial charge in [0.25, 0.3) is 0 Å². The lowest BCUT2D eigenvalue weighted by molar-refractivity contribution is -0.121. The minimum Gasteiger partial charge on any atom is -0.349 e. The SMILES string of the molecule is CC[C@@H](NC(=O)Cc1ccccc1C)c1ccccc1. The summed E-state index contributed by atoms with van der Waals surface area (Å²) in [7, 11) is 0. The predicted octanol–water partition coefficient (Wildman–Crippen LogP) is 3.81. The molecule has 2 rings (SSSR count). The Hall–Kier alpha value is -2.09. The van der Waals surface area contributed by atoms with E-state index in [1.807, 2.05) is 49.4 Å². The number of carbonyl (C=O) groups excluding carboxylic acids is 1. The molecular formula is C18H21NO. The van der Waals surface area contributed by atoms with Gasteiger partial charge in [-0.1, -0.05) is 61.5 Å². The lowest BCUT2D eigenvalue weighted by atomic mass is 10.0. The van der Waals surface area contributed by atoms with Crippen molar-refractivity contribution in [2.45, 2.75) is 32.7 Å². The van der Waals surface area contributed by atoms with Crippen molar-refractivity contribution in [3.8, 4) is 0 Å². The van der Waals surface area contributed by atoms with Gasteiger partial charge in [-0.15, -0.1) is 0 Å². The summed E-state index contributed by atoms with van der Waals surface area (Å²) in [5.41, 5.74) is 3.41. The Morgan fingerprint density at radius 1 is 1.05 bits per heavy atom. The number of nitrogens with one attached hydrogen (secondary N) is 1. The van der Waals surface area contributed by atoms with Crippen molar-refractivity contribution in [1.82, 2.24) is 5.32 Å². The van der Waals surface area contributed by atoms with E-state index in [0.29, 0.717) is 6.42 Å². The largest absolute Gasteiger partial charge is 0.349 e.